The third kappa shape index (κ3) is 2.58. The average Bonchev–Trinajstić information content (AvgIpc) is 2.40. The van der Waals surface area contributed by atoms with Crippen LogP contribution in [-0.2, 0) is 0 Å². The zero-order valence-electron chi connectivity index (χ0n) is 10.1. The number of anilines is 1. The lowest BCUT2D eigenvalue weighted by molar-refractivity contribution is 0.102. The normalized spacial score (nSPS) is 9.56. The molecule has 0 aliphatic rings. The van der Waals surface area contributed by atoms with Crippen LogP contribution in [0.4, 0.5) is 5.69 Å². The number of amides is 1. The van der Waals surface area contributed by atoms with Gasteiger partial charge in [0.15, 0.2) is 0 Å². The Morgan fingerprint density at radius 3 is 2.56 bits per heavy atom. The highest BCUT2D eigenvalue weighted by Gasteiger charge is 2.07. The average molecular weight is 235 g/mol. The molecule has 0 bridgehead atoms. The van der Waals surface area contributed by atoms with Crippen LogP contribution < -0.4 is 5.32 Å². The predicted octanol–water partition coefficient (Wildman–Crippen LogP) is 3.23. The van der Waals surface area contributed by atoms with E-state index < -0.39 is 0 Å². The van der Waals surface area contributed by atoms with Gasteiger partial charge in [0.2, 0.25) is 0 Å². The van der Waals surface area contributed by atoms with E-state index in [1.54, 1.807) is 12.1 Å². The fourth-order valence-corrected chi connectivity index (χ4v) is 1.64. The molecular weight excluding hydrogens is 222 g/mol. The zero-order chi connectivity index (χ0) is 13.0. The van der Waals surface area contributed by atoms with Crippen LogP contribution in [0.25, 0.3) is 0 Å². The number of hydrogen-bond acceptors (Lipinski definition) is 1. The second kappa shape index (κ2) is 5.20. The fourth-order valence-electron chi connectivity index (χ4n) is 1.64. The van der Waals surface area contributed by atoms with E-state index in [2.05, 4.69) is 11.2 Å². The number of rotatable bonds is 2. The van der Waals surface area contributed by atoms with Gasteiger partial charge >= 0.3 is 0 Å². The maximum Gasteiger partial charge on any atom is 0.255 e. The summed E-state index contributed by atoms with van der Waals surface area (Å²) in [5.41, 5.74) is 3.08. The third-order valence-electron chi connectivity index (χ3n) is 2.69. The molecule has 0 unspecified atom stereocenters. The second-order valence-electron chi connectivity index (χ2n) is 3.99. The van der Waals surface area contributed by atoms with Crippen molar-refractivity contribution in [1.29, 1.82) is 0 Å². The molecule has 0 saturated carbocycles. The number of terminal acetylenes is 1. The van der Waals surface area contributed by atoms with E-state index in [0.717, 1.165) is 16.8 Å². The van der Waals surface area contributed by atoms with Gasteiger partial charge in [0.25, 0.3) is 5.91 Å². The molecule has 0 saturated heterocycles. The first-order valence-corrected chi connectivity index (χ1v) is 5.64. The maximum atomic E-state index is 12.0. The van der Waals surface area contributed by atoms with Crippen molar-refractivity contribution in [3.63, 3.8) is 0 Å². The highest BCUT2D eigenvalue weighted by molar-refractivity contribution is 6.04. The second-order valence-corrected chi connectivity index (χ2v) is 3.99. The predicted molar refractivity (Wildman–Crippen MR) is 73.5 cm³/mol. The molecule has 0 radical (unpaired) electrons. The molecular formula is C16H13NO. The Labute approximate surface area is 107 Å². The smallest absolute Gasteiger partial charge is 0.255 e. The number of para-hydroxylation sites is 1. The van der Waals surface area contributed by atoms with E-state index in [1.165, 1.54) is 0 Å². The minimum Gasteiger partial charge on any atom is -0.322 e. The van der Waals surface area contributed by atoms with Gasteiger partial charge in [-0.3, -0.25) is 4.79 Å². The van der Waals surface area contributed by atoms with Gasteiger partial charge in [-0.1, -0.05) is 30.2 Å². The number of benzene rings is 2. The van der Waals surface area contributed by atoms with E-state index in [9.17, 15) is 4.79 Å². The highest BCUT2D eigenvalue weighted by atomic mass is 16.1. The van der Waals surface area contributed by atoms with Crippen LogP contribution in [-0.4, -0.2) is 5.91 Å². The molecule has 2 nitrogen and oxygen atoms in total. The van der Waals surface area contributed by atoms with Crippen molar-refractivity contribution in [2.45, 2.75) is 6.92 Å². The Balaban J connectivity index is 2.22. The lowest BCUT2D eigenvalue weighted by atomic mass is 10.1. The van der Waals surface area contributed by atoms with Crippen molar-refractivity contribution in [1.82, 2.24) is 0 Å². The van der Waals surface area contributed by atoms with Crippen molar-refractivity contribution >= 4 is 11.6 Å². The molecule has 0 spiro atoms. The summed E-state index contributed by atoms with van der Waals surface area (Å²) >= 11 is 0. The van der Waals surface area contributed by atoms with E-state index in [-0.39, 0.29) is 5.91 Å². The van der Waals surface area contributed by atoms with E-state index in [0.29, 0.717) is 5.56 Å². The summed E-state index contributed by atoms with van der Waals surface area (Å²) < 4.78 is 0. The lowest BCUT2D eigenvalue weighted by Gasteiger charge is -2.06. The van der Waals surface area contributed by atoms with Crippen molar-refractivity contribution < 1.29 is 4.79 Å². The van der Waals surface area contributed by atoms with Gasteiger partial charge in [-0.2, -0.15) is 0 Å². The molecule has 2 aromatic rings. The summed E-state index contributed by atoms with van der Waals surface area (Å²) in [6.07, 6.45) is 5.39. The number of carbonyl (C=O) groups is 1. The summed E-state index contributed by atoms with van der Waals surface area (Å²) in [7, 11) is 0. The first kappa shape index (κ1) is 11.9. The van der Waals surface area contributed by atoms with Crippen LogP contribution in [0.15, 0.2) is 48.5 Å². The van der Waals surface area contributed by atoms with E-state index in [1.807, 2.05) is 43.3 Å². The Morgan fingerprint density at radius 1 is 1.17 bits per heavy atom. The monoisotopic (exact) mass is 235 g/mol. The first-order chi connectivity index (χ1) is 8.70. The Kier molecular flexibility index (Phi) is 3.45. The molecule has 0 aliphatic carbocycles. The van der Waals surface area contributed by atoms with E-state index >= 15 is 0 Å². The molecule has 2 rings (SSSR count). The molecule has 1 N–H and O–H groups in total. The Morgan fingerprint density at radius 2 is 1.89 bits per heavy atom. The largest absolute Gasteiger partial charge is 0.322 e. The summed E-state index contributed by atoms with van der Waals surface area (Å²) in [6, 6.07) is 14.7. The Bertz CT molecular complexity index is 609. The molecule has 2 aromatic carbocycles. The van der Waals surface area contributed by atoms with Crippen LogP contribution in [0.3, 0.4) is 0 Å². The van der Waals surface area contributed by atoms with Gasteiger partial charge in [-0.25, -0.2) is 0 Å². The van der Waals surface area contributed by atoms with Crippen LogP contribution in [0.2, 0.25) is 0 Å². The molecule has 18 heavy (non-hydrogen) atoms. The standard InChI is InChI=1S/C16H13NO/c1-3-13-11-14(10-9-12(13)2)16(18)17-15-7-5-4-6-8-15/h1,4-11H,2H3,(H,17,18). The molecule has 0 atom stereocenters. The molecule has 0 aromatic heterocycles. The van der Waals surface area contributed by atoms with Crippen molar-refractivity contribution in [2.24, 2.45) is 0 Å². The molecule has 88 valence electrons. The van der Waals surface area contributed by atoms with Gasteiger partial charge < -0.3 is 5.32 Å². The van der Waals surface area contributed by atoms with Gasteiger partial charge in [0.05, 0.1) is 0 Å². The van der Waals surface area contributed by atoms with Crippen LogP contribution in [0, 0.1) is 19.3 Å². The van der Waals surface area contributed by atoms with Gasteiger partial charge in [-0.05, 0) is 36.8 Å². The minimum atomic E-state index is -0.155. The molecule has 0 heterocycles. The number of carbonyl (C=O) groups excluding carboxylic acids is 1. The van der Waals surface area contributed by atoms with Crippen molar-refractivity contribution in [3.8, 4) is 12.3 Å². The molecule has 0 aliphatic heterocycles. The van der Waals surface area contributed by atoms with Crippen LogP contribution >= 0.6 is 0 Å². The topological polar surface area (TPSA) is 29.1 Å². The maximum absolute atomic E-state index is 12.0. The number of nitrogens with one attached hydrogen (secondary N) is 1. The summed E-state index contributed by atoms with van der Waals surface area (Å²) in [4.78, 5) is 12.0. The zero-order valence-corrected chi connectivity index (χ0v) is 10.1. The van der Waals surface area contributed by atoms with Crippen molar-refractivity contribution in [2.75, 3.05) is 5.32 Å². The highest BCUT2D eigenvalue weighted by Crippen LogP contribution is 2.12. The molecule has 2 heteroatoms. The summed E-state index contributed by atoms with van der Waals surface area (Å²) in [5.74, 6) is 2.42. The van der Waals surface area contributed by atoms with Gasteiger partial charge in [-0.15, -0.1) is 6.42 Å². The molecule has 0 fully saturated rings. The first-order valence-electron chi connectivity index (χ1n) is 5.64. The molecule has 1 amide bonds. The summed E-state index contributed by atoms with van der Waals surface area (Å²) in [6.45, 7) is 1.92. The quantitative estimate of drug-likeness (QED) is 0.795. The fraction of sp³-hybridized carbons (Fsp3) is 0.0625. The lowest BCUT2D eigenvalue weighted by Crippen LogP contribution is -2.12. The van der Waals surface area contributed by atoms with Crippen molar-refractivity contribution in [3.05, 3.63) is 65.2 Å². The van der Waals surface area contributed by atoms with E-state index in [4.69, 9.17) is 6.42 Å². The number of hydrogen-bond donors (Lipinski definition) is 1. The SMILES string of the molecule is C#Cc1cc(C(=O)Nc2ccccc2)ccc1C. The van der Waals surface area contributed by atoms with Crippen LogP contribution in [0.5, 0.6) is 0 Å². The van der Waals surface area contributed by atoms with Crippen LogP contribution in [0.1, 0.15) is 21.5 Å². The Hall–Kier alpha value is -2.53. The number of aryl methyl sites for hydroxylation is 1. The van der Waals surface area contributed by atoms with Gasteiger partial charge in [0, 0.05) is 16.8 Å². The van der Waals surface area contributed by atoms with Gasteiger partial charge in [0.1, 0.15) is 0 Å². The summed E-state index contributed by atoms with van der Waals surface area (Å²) in [5, 5.41) is 2.82. The third-order valence-corrected chi connectivity index (χ3v) is 2.69. The minimum absolute atomic E-state index is 0.155.